The van der Waals surface area contributed by atoms with Gasteiger partial charge in [0.05, 0.1) is 25.2 Å². The molecule has 2 saturated carbocycles. The Hall–Kier alpha value is -1.14. The van der Waals surface area contributed by atoms with Gasteiger partial charge in [0.1, 0.15) is 5.92 Å². The molecule has 6 unspecified atom stereocenters. The number of rotatable bonds is 4. The van der Waals surface area contributed by atoms with E-state index in [2.05, 4.69) is 0 Å². The number of nitrogens with zero attached hydrogens (tertiary/aromatic N) is 1. The molecule has 2 bridgehead atoms. The molecule has 3 aliphatic rings. The molecule has 1 aliphatic heterocycles. The lowest BCUT2D eigenvalue weighted by atomic mass is 9.83. The van der Waals surface area contributed by atoms with Crippen molar-refractivity contribution in [2.45, 2.75) is 38.3 Å². The van der Waals surface area contributed by atoms with Crippen LogP contribution in [-0.2, 0) is 14.3 Å². The standard InChI is InChI=1S/C15H24N2O4/c1-2-17(11-7-21-6-10(11)15(19)20)14(18)12-8-3-4-9(5-8)13(12)16/h8-13H,2-7,16H2,1H3,(H,19,20). The highest BCUT2D eigenvalue weighted by atomic mass is 16.5. The van der Waals surface area contributed by atoms with Crippen LogP contribution in [0.3, 0.4) is 0 Å². The molecule has 3 fully saturated rings. The monoisotopic (exact) mass is 296 g/mol. The fourth-order valence-electron chi connectivity index (χ4n) is 4.53. The second-order valence-corrected chi connectivity index (χ2v) is 6.61. The molecule has 0 radical (unpaired) electrons. The van der Waals surface area contributed by atoms with Gasteiger partial charge in [-0.05, 0) is 38.0 Å². The Labute approximate surface area is 124 Å². The van der Waals surface area contributed by atoms with Gasteiger partial charge < -0.3 is 20.5 Å². The lowest BCUT2D eigenvalue weighted by Crippen LogP contribution is -2.53. The number of carbonyl (C=O) groups is 2. The maximum atomic E-state index is 12.9. The first kappa shape index (κ1) is 14.8. The zero-order valence-corrected chi connectivity index (χ0v) is 12.4. The number of nitrogens with two attached hydrogens (primary N) is 1. The number of aliphatic carboxylic acids is 1. The van der Waals surface area contributed by atoms with Crippen LogP contribution in [0.2, 0.25) is 0 Å². The van der Waals surface area contributed by atoms with E-state index < -0.39 is 11.9 Å². The van der Waals surface area contributed by atoms with Crippen molar-refractivity contribution >= 4 is 11.9 Å². The van der Waals surface area contributed by atoms with Gasteiger partial charge in [-0.15, -0.1) is 0 Å². The van der Waals surface area contributed by atoms with Gasteiger partial charge in [0, 0.05) is 12.6 Å². The van der Waals surface area contributed by atoms with E-state index >= 15 is 0 Å². The molecular weight excluding hydrogens is 272 g/mol. The average molecular weight is 296 g/mol. The van der Waals surface area contributed by atoms with Gasteiger partial charge in [0.2, 0.25) is 5.91 Å². The van der Waals surface area contributed by atoms with E-state index in [1.165, 1.54) is 0 Å². The van der Waals surface area contributed by atoms with Crippen LogP contribution in [0.1, 0.15) is 26.2 Å². The highest BCUT2D eigenvalue weighted by molar-refractivity contribution is 5.82. The molecule has 6 nitrogen and oxygen atoms in total. The van der Waals surface area contributed by atoms with Crippen LogP contribution in [0.25, 0.3) is 0 Å². The Bertz CT molecular complexity index is 439. The number of carboxylic acid groups (broad SMARTS) is 1. The average Bonchev–Trinajstić information content (AvgIpc) is 3.13. The quantitative estimate of drug-likeness (QED) is 0.779. The van der Waals surface area contributed by atoms with Crippen molar-refractivity contribution in [3.05, 3.63) is 0 Å². The predicted molar refractivity (Wildman–Crippen MR) is 75.4 cm³/mol. The first-order valence-corrected chi connectivity index (χ1v) is 7.91. The van der Waals surface area contributed by atoms with Crippen LogP contribution in [0, 0.1) is 23.7 Å². The van der Waals surface area contributed by atoms with Crippen molar-refractivity contribution < 1.29 is 19.4 Å². The zero-order valence-electron chi connectivity index (χ0n) is 12.4. The summed E-state index contributed by atoms with van der Waals surface area (Å²) in [7, 11) is 0. The molecule has 1 saturated heterocycles. The third-order valence-electron chi connectivity index (χ3n) is 5.66. The summed E-state index contributed by atoms with van der Waals surface area (Å²) in [5.41, 5.74) is 6.26. The predicted octanol–water partition coefficient (Wildman–Crippen LogP) is 0.308. The molecule has 0 spiro atoms. The minimum Gasteiger partial charge on any atom is -0.481 e. The number of ether oxygens (including phenoxy) is 1. The van der Waals surface area contributed by atoms with Gasteiger partial charge in [0.15, 0.2) is 0 Å². The molecule has 0 aromatic carbocycles. The summed E-state index contributed by atoms with van der Waals surface area (Å²) in [4.78, 5) is 26.0. The Morgan fingerprint density at radius 3 is 2.57 bits per heavy atom. The van der Waals surface area contributed by atoms with Crippen LogP contribution in [0.4, 0.5) is 0 Å². The van der Waals surface area contributed by atoms with Gasteiger partial charge in [-0.2, -0.15) is 0 Å². The molecule has 6 heteroatoms. The second kappa shape index (κ2) is 5.57. The minimum absolute atomic E-state index is 0.0407. The summed E-state index contributed by atoms with van der Waals surface area (Å²) in [5, 5.41) is 9.29. The second-order valence-electron chi connectivity index (χ2n) is 6.61. The van der Waals surface area contributed by atoms with E-state index in [1.54, 1.807) is 4.90 Å². The molecule has 2 aliphatic carbocycles. The third-order valence-corrected chi connectivity index (χ3v) is 5.66. The molecule has 1 heterocycles. The smallest absolute Gasteiger partial charge is 0.311 e. The normalized spacial score (nSPS) is 41.4. The number of hydrogen-bond donors (Lipinski definition) is 2. The Balaban J connectivity index is 1.77. The summed E-state index contributed by atoms with van der Waals surface area (Å²) < 4.78 is 5.31. The van der Waals surface area contributed by atoms with Crippen LogP contribution in [0.5, 0.6) is 0 Å². The first-order valence-electron chi connectivity index (χ1n) is 7.91. The fourth-order valence-corrected chi connectivity index (χ4v) is 4.53. The summed E-state index contributed by atoms with van der Waals surface area (Å²) in [6.45, 7) is 2.91. The van der Waals surface area contributed by atoms with E-state index in [-0.39, 0.29) is 30.5 Å². The van der Waals surface area contributed by atoms with E-state index in [9.17, 15) is 14.7 Å². The molecular formula is C15H24N2O4. The highest BCUT2D eigenvalue weighted by Gasteiger charge is 2.51. The van der Waals surface area contributed by atoms with E-state index in [0.29, 0.717) is 25.0 Å². The Morgan fingerprint density at radius 1 is 1.29 bits per heavy atom. The lowest BCUT2D eigenvalue weighted by Gasteiger charge is -2.36. The minimum atomic E-state index is -0.888. The van der Waals surface area contributed by atoms with Gasteiger partial charge in [-0.25, -0.2) is 0 Å². The molecule has 0 aromatic heterocycles. The van der Waals surface area contributed by atoms with Gasteiger partial charge in [-0.3, -0.25) is 9.59 Å². The van der Waals surface area contributed by atoms with Crippen molar-refractivity contribution in [2.24, 2.45) is 29.4 Å². The lowest BCUT2D eigenvalue weighted by molar-refractivity contribution is -0.147. The third kappa shape index (κ3) is 2.34. The Morgan fingerprint density at radius 2 is 2.00 bits per heavy atom. The van der Waals surface area contributed by atoms with E-state index in [0.717, 1.165) is 19.3 Å². The van der Waals surface area contributed by atoms with Crippen molar-refractivity contribution in [1.82, 2.24) is 4.90 Å². The van der Waals surface area contributed by atoms with Crippen molar-refractivity contribution in [2.75, 3.05) is 19.8 Å². The summed E-state index contributed by atoms with van der Waals surface area (Å²) in [5.74, 6) is -0.739. The Kier molecular flexibility index (Phi) is 3.92. The van der Waals surface area contributed by atoms with Crippen molar-refractivity contribution in [3.63, 3.8) is 0 Å². The highest BCUT2D eigenvalue weighted by Crippen LogP contribution is 2.48. The van der Waals surface area contributed by atoms with Gasteiger partial charge in [-0.1, -0.05) is 0 Å². The van der Waals surface area contributed by atoms with Gasteiger partial charge in [0.25, 0.3) is 0 Å². The van der Waals surface area contributed by atoms with E-state index in [4.69, 9.17) is 10.5 Å². The SMILES string of the molecule is CCN(C(=O)C1C2CCC(C2)C1N)C1COCC1C(=O)O. The summed E-state index contributed by atoms with van der Waals surface area (Å²) >= 11 is 0. The molecule has 118 valence electrons. The van der Waals surface area contributed by atoms with Crippen LogP contribution in [-0.4, -0.2) is 53.7 Å². The topological polar surface area (TPSA) is 92.9 Å². The number of fused-ring (bicyclic) bond motifs is 2. The van der Waals surface area contributed by atoms with E-state index in [1.807, 2.05) is 6.92 Å². The maximum absolute atomic E-state index is 12.9. The summed E-state index contributed by atoms with van der Waals surface area (Å²) in [6, 6.07) is -0.415. The molecule has 3 N–H and O–H groups in total. The van der Waals surface area contributed by atoms with Gasteiger partial charge >= 0.3 is 5.97 Å². The van der Waals surface area contributed by atoms with Crippen LogP contribution >= 0.6 is 0 Å². The summed E-state index contributed by atoms with van der Waals surface area (Å²) in [6.07, 6.45) is 3.26. The largest absolute Gasteiger partial charge is 0.481 e. The maximum Gasteiger partial charge on any atom is 0.311 e. The number of carboxylic acids is 1. The molecule has 0 aromatic rings. The van der Waals surface area contributed by atoms with Crippen LogP contribution < -0.4 is 5.73 Å². The molecule has 3 rings (SSSR count). The first-order chi connectivity index (χ1) is 10.0. The molecule has 21 heavy (non-hydrogen) atoms. The fraction of sp³-hybridized carbons (Fsp3) is 0.867. The number of hydrogen-bond acceptors (Lipinski definition) is 4. The van der Waals surface area contributed by atoms with Crippen molar-refractivity contribution in [1.29, 1.82) is 0 Å². The van der Waals surface area contributed by atoms with Crippen molar-refractivity contribution in [3.8, 4) is 0 Å². The molecule has 6 atom stereocenters. The number of likely N-dealkylation sites (N-methyl/N-ethyl adjacent to an activating group) is 1. The zero-order chi connectivity index (χ0) is 15.1. The number of carbonyl (C=O) groups excluding carboxylic acids is 1. The number of amides is 1. The van der Waals surface area contributed by atoms with Crippen LogP contribution in [0.15, 0.2) is 0 Å². The molecule has 1 amide bonds.